The van der Waals surface area contributed by atoms with Gasteiger partial charge in [0.1, 0.15) is 0 Å². The molecule has 0 aromatic heterocycles. The highest BCUT2D eigenvalue weighted by molar-refractivity contribution is 5.76. The second-order valence-electron chi connectivity index (χ2n) is 6.48. The van der Waals surface area contributed by atoms with E-state index >= 15 is 0 Å². The van der Waals surface area contributed by atoms with Crippen LogP contribution >= 0.6 is 0 Å². The van der Waals surface area contributed by atoms with Crippen LogP contribution in [-0.2, 0) is 11.3 Å². The molecule has 1 aliphatic heterocycles. The molecule has 2 rings (SSSR count). The van der Waals surface area contributed by atoms with E-state index in [4.69, 9.17) is 5.73 Å². The second kappa shape index (κ2) is 11.2. The van der Waals surface area contributed by atoms with Gasteiger partial charge in [-0.05, 0) is 24.4 Å². The highest BCUT2D eigenvalue weighted by atomic mass is 16.2. The molecule has 1 aromatic carbocycles. The molecule has 1 fully saturated rings. The van der Waals surface area contributed by atoms with Crippen LogP contribution in [0.3, 0.4) is 0 Å². The fourth-order valence-corrected chi connectivity index (χ4v) is 2.57. The molecule has 4 nitrogen and oxygen atoms in total. The summed E-state index contributed by atoms with van der Waals surface area (Å²) in [5.74, 6) is 0.941. The first-order chi connectivity index (χ1) is 11.1. The molecule has 0 spiro atoms. The Bertz CT molecular complexity index is 426. The molecule has 1 aliphatic rings. The van der Waals surface area contributed by atoms with Crippen LogP contribution in [0, 0.1) is 5.92 Å². The molecular formula is C19H33N3O. The molecule has 0 aliphatic carbocycles. The lowest BCUT2D eigenvalue weighted by Crippen LogP contribution is -2.48. The molecule has 0 saturated carbocycles. The number of hydrogen-bond acceptors (Lipinski definition) is 3. The molecule has 0 atom stereocenters. The number of carbonyl (C=O) groups is 1. The third-order valence-corrected chi connectivity index (χ3v) is 3.91. The zero-order chi connectivity index (χ0) is 17.1. The molecule has 4 heteroatoms. The third kappa shape index (κ3) is 8.14. The lowest BCUT2D eigenvalue weighted by Gasteiger charge is -2.35. The lowest BCUT2D eigenvalue weighted by molar-refractivity contribution is -0.133. The third-order valence-electron chi connectivity index (χ3n) is 3.91. The number of nitrogens with two attached hydrogens (primary N) is 1. The minimum Gasteiger partial charge on any atom is -0.340 e. The highest BCUT2D eigenvalue weighted by Gasteiger charge is 2.20. The van der Waals surface area contributed by atoms with Gasteiger partial charge in [0.15, 0.2) is 0 Å². The van der Waals surface area contributed by atoms with E-state index in [1.807, 2.05) is 11.8 Å². The van der Waals surface area contributed by atoms with Gasteiger partial charge in [-0.1, -0.05) is 51.1 Å². The molecule has 23 heavy (non-hydrogen) atoms. The Labute approximate surface area is 141 Å². The molecule has 1 heterocycles. The SMILES string of the molecule is CC(C)CCC(=O)N1CCN(Cc2ccccc2)CC1.CCN. The van der Waals surface area contributed by atoms with Crippen molar-refractivity contribution in [3.8, 4) is 0 Å². The van der Waals surface area contributed by atoms with Gasteiger partial charge in [-0.15, -0.1) is 0 Å². The van der Waals surface area contributed by atoms with Crippen molar-refractivity contribution in [2.75, 3.05) is 32.7 Å². The van der Waals surface area contributed by atoms with Gasteiger partial charge in [-0.3, -0.25) is 9.69 Å². The summed E-state index contributed by atoms with van der Waals surface area (Å²) in [4.78, 5) is 16.5. The summed E-state index contributed by atoms with van der Waals surface area (Å²) in [6.45, 7) is 11.7. The van der Waals surface area contributed by atoms with Crippen LogP contribution in [0.1, 0.15) is 39.2 Å². The van der Waals surface area contributed by atoms with Gasteiger partial charge in [0, 0.05) is 39.1 Å². The van der Waals surface area contributed by atoms with Gasteiger partial charge < -0.3 is 10.6 Å². The standard InChI is InChI=1S/C17H26N2O.C2H7N/c1-15(2)8-9-17(20)19-12-10-18(11-13-19)14-16-6-4-3-5-7-16;1-2-3/h3-7,15H,8-14H2,1-2H3;2-3H2,1H3. The van der Waals surface area contributed by atoms with Crippen molar-refractivity contribution in [2.24, 2.45) is 11.7 Å². The van der Waals surface area contributed by atoms with E-state index in [-0.39, 0.29) is 0 Å². The topological polar surface area (TPSA) is 49.6 Å². The van der Waals surface area contributed by atoms with E-state index < -0.39 is 0 Å². The van der Waals surface area contributed by atoms with Crippen LogP contribution in [0.2, 0.25) is 0 Å². The van der Waals surface area contributed by atoms with Crippen molar-refractivity contribution in [1.29, 1.82) is 0 Å². The molecular weight excluding hydrogens is 286 g/mol. The summed E-state index contributed by atoms with van der Waals surface area (Å²) < 4.78 is 0. The van der Waals surface area contributed by atoms with Crippen molar-refractivity contribution in [2.45, 2.75) is 40.2 Å². The van der Waals surface area contributed by atoms with Gasteiger partial charge in [0.25, 0.3) is 0 Å². The zero-order valence-electron chi connectivity index (χ0n) is 15.0. The molecule has 1 saturated heterocycles. The lowest BCUT2D eigenvalue weighted by atomic mass is 10.1. The Balaban J connectivity index is 0.000000816. The average molecular weight is 319 g/mol. The van der Waals surface area contributed by atoms with Gasteiger partial charge in [0.2, 0.25) is 5.91 Å². The summed E-state index contributed by atoms with van der Waals surface area (Å²) in [5, 5.41) is 0. The maximum absolute atomic E-state index is 12.1. The normalized spacial score (nSPS) is 15.3. The fraction of sp³-hybridized carbons (Fsp3) is 0.632. The van der Waals surface area contributed by atoms with Gasteiger partial charge in [0.05, 0.1) is 0 Å². The molecule has 0 radical (unpaired) electrons. The number of carbonyl (C=O) groups excluding carboxylic acids is 1. The molecule has 0 unspecified atom stereocenters. The minimum atomic E-state index is 0.332. The van der Waals surface area contributed by atoms with Gasteiger partial charge in [-0.2, -0.15) is 0 Å². The van der Waals surface area contributed by atoms with Crippen LogP contribution in [0.5, 0.6) is 0 Å². The maximum atomic E-state index is 12.1. The maximum Gasteiger partial charge on any atom is 0.222 e. The highest BCUT2D eigenvalue weighted by Crippen LogP contribution is 2.11. The summed E-state index contributed by atoms with van der Waals surface area (Å²) >= 11 is 0. The predicted molar refractivity (Wildman–Crippen MR) is 97.1 cm³/mol. The first-order valence-corrected chi connectivity index (χ1v) is 8.80. The first kappa shape index (κ1) is 19.7. The quantitative estimate of drug-likeness (QED) is 0.908. The predicted octanol–water partition coefficient (Wildman–Crippen LogP) is 2.73. The number of amides is 1. The van der Waals surface area contributed by atoms with Gasteiger partial charge >= 0.3 is 0 Å². The number of nitrogens with zero attached hydrogens (tertiary/aromatic N) is 2. The van der Waals surface area contributed by atoms with E-state index in [2.05, 4.69) is 49.1 Å². The molecule has 0 bridgehead atoms. The fourth-order valence-electron chi connectivity index (χ4n) is 2.57. The number of rotatable bonds is 5. The van der Waals surface area contributed by atoms with E-state index in [1.54, 1.807) is 0 Å². The molecule has 1 amide bonds. The first-order valence-electron chi connectivity index (χ1n) is 8.80. The van der Waals surface area contributed by atoms with Crippen LogP contribution in [0.15, 0.2) is 30.3 Å². The Morgan fingerprint density at radius 1 is 1.13 bits per heavy atom. The van der Waals surface area contributed by atoms with Crippen molar-refractivity contribution >= 4 is 5.91 Å². The summed E-state index contributed by atoms with van der Waals surface area (Å²) in [6, 6.07) is 10.6. The van der Waals surface area contributed by atoms with Crippen molar-refractivity contribution in [3.05, 3.63) is 35.9 Å². The summed E-state index contributed by atoms with van der Waals surface area (Å²) in [6.07, 6.45) is 1.71. The number of hydrogen-bond donors (Lipinski definition) is 1. The van der Waals surface area contributed by atoms with Gasteiger partial charge in [-0.25, -0.2) is 0 Å². The van der Waals surface area contributed by atoms with Crippen LogP contribution in [0.25, 0.3) is 0 Å². The van der Waals surface area contributed by atoms with E-state index in [0.29, 0.717) is 18.2 Å². The minimum absolute atomic E-state index is 0.332. The Hall–Kier alpha value is -1.39. The monoisotopic (exact) mass is 319 g/mol. The average Bonchev–Trinajstić information content (AvgIpc) is 2.55. The number of piperazine rings is 1. The summed E-state index contributed by atoms with van der Waals surface area (Å²) in [7, 11) is 0. The van der Waals surface area contributed by atoms with E-state index in [1.165, 1.54) is 5.56 Å². The van der Waals surface area contributed by atoms with Crippen LogP contribution in [-0.4, -0.2) is 48.4 Å². The van der Waals surface area contributed by atoms with Crippen molar-refractivity contribution < 1.29 is 4.79 Å². The van der Waals surface area contributed by atoms with Crippen LogP contribution < -0.4 is 5.73 Å². The van der Waals surface area contributed by atoms with E-state index in [0.717, 1.165) is 45.7 Å². The molecule has 130 valence electrons. The second-order valence-corrected chi connectivity index (χ2v) is 6.48. The Morgan fingerprint density at radius 2 is 1.70 bits per heavy atom. The summed E-state index contributed by atoms with van der Waals surface area (Å²) in [5.41, 5.74) is 6.20. The largest absolute Gasteiger partial charge is 0.340 e. The number of benzene rings is 1. The van der Waals surface area contributed by atoms with Crippen LogP contribution in [0.4, 0.5) is 0 Å². The van der Waals surface area contributed by atoms with Crippen molar-refractivity contribution in [3.63, 3.8) is 0 Å². The zero-order valence-corrected chi connectivity index (χ0v) is 15.0. The Morgan fingerprint density at radius 3 is 2.22 bits per heavy atom. The smallest absolute Gasteiger partial charge is 0.222 e. The molecule has 1 aromatic rings. The Kier molecular flexibility index (Phi) is 9.57. The van der Waals surface area contributed by atoms with E-state index in [9.17, 15) is 4.79 Å². The van der Waals surface area contributed by atoms with Crippen molar-refractivity contribution in [1.82, 2.24) is 9.80 Å². The molecule has 2 N–H and O–H groups in total.